The van der Waals surface area contributed by atoms with E-state index in [0.29, 0.717) is 29.2 Å². The van der Waals surface area contributed by atoms with Crippen molar-refractivity contribution in [3.8, 4) is 5.75 Å². The molecule has 0 fully saturated rings. The Morgan fingerprint density at radius 2 is 1.52 bits per heavy atom. The topological polar surface area (TPSA) is 76.7 Å². The zero-order valence-electron chi connectivity index (χ0n) is 18.6. The lowest BCUT2D eigenvalue weighted by molar-refractivity contribution is -0.140. The molecule has 0 saturated heterocycles. The van der Waals surface area contributed by atoms with Crippen LogP contribution in [0.2, 0.25) is 0 Å². The Balaban J connectivity index is 1.57. The molecule has 168 valence electrons. The van der Waals surface area contributed by atoms with E-state index in [9.17, 15) is 9.59 Å². The van der Waals surface area contributed by atoms with Crippen LogP contribution < -0.4 is 15.4 Å². The van der Waals surface area contributed by atoms with Crippen molar-refractivity contribution in [3.05, 3.63) is 112 Å². The van der Waals surface area contributed by atoms with E-state index < -0.39 is 12.0 Å². The molecule has 2 amide bonds. The number of allylic oxidation sites excluding steroid dienone is 1. The third kappa shape index (κ3) is 5.41. The number of carbonyl (C=O) groups excluding carboxylic acids is 2. The number of urea groups is 1. The Kier molecular flexibility index (Phi) is 6.74. The van der Waals surface area contributed by atoms with Gasteiger partial charge in [-0.05, 0) is 31.0 Å². The predicted molar refractivity (Wildman–Crippen MR) is 125 cm³/mol. The maximum Gasteiger partial charge on any atom is 0.338 e. The van der Waals surface area contributed by atoms with Crippen molar-refractivity contribution < 1.29 is 19.1 Å². The zero-order valence-corrected chi connectivity index (χ0v) is 18.6. The second-order valence-corrected chi connectivity index (χ2v) is 7.94. The molecule has 0 spiro atoms. The molecule has 6 nitrogen and oxygen atoms in total. The average Bonchev–Trinajstić information content (AvgIpc) is 2.82. The highest BCUT2D eigenvalue weighted by Crippen LogP contribution is 2.34. The van der Waals surface area contributed by atoms with Gasteiger partial charge in [0.05, 0.1) is 11.6 Å². The fraction of sp³-hybridized carbons (Fsp3) is 0.185. The fourth-order valence-corrected chi connectivity index (χ4v) is 3.69. The molecule has 1 aliphatic heterocycles. The monoisotopic (exact) mass is 442 g/mol. The first-order chi connectivity index (χ1) is 16.0. The molecule has 3 aromatic carbocycles. The van der Waals surface area contributed by atoms with Crippen molar-refractivity contribution in [1.29, 1.82) is 0 Å². The van der Waals surface area contributed by atoms with Gasteiger partial charge in [0, 0.05) is 11.3 Å². The molecule has 3 aromatic rings. The number of ether oxygens (including phenoxy) is 2. The first kappa shape index (κ1) is 22.1. The minimum Gasteiger partial charge on any atom is -0.489 e. The molecular formula is C27H26N2O4. The van der Waals surface area contributed by atoms with Gasteiger partial charge in [0.25, 0.3) is 0 Å². The molecule has 0 aromatic heterocycles. The van der Waals surface area contributed by atoms with Gasteiger partial charge in [-0.25, -0.2) is 9.59 Å². The largest absolute Gasteiger partial charge is 0.489 e. The van der Waals surface area contributed by atoms with Gasteiger partial charge in [-0.15, -0.1) is 0 Å². The normalized spacial score (nSPS) is 15.5. The summed E-state index contributed by atoms with van der Waals surface area (Å²) in [4.78, 5) is 25.4. The third-order valence-electron chi connectivity index (χ3n) is 5.45. The van der Waals surface area contributed by atoms with Crippen LogP contribution in [0.1, 0.15) is 35.2 Å². The minimum atomic E-state index is -0.698. The van der Waals surface area contributed by atoms with Crippen molar-refractivity contribution in [2.45, 2.75) is 33.1 Å². The molecule has 0 saturated carbocycles. The summed E-state index contributed by atoms with van der Waals surface area (Å²) < 4.78 is 11.7. The summed E-state index contributed by atoms with van der Waals surface area (Å²) in [6.45, 7) is 4.21. The number of aryl methyl sites for hydroxylation is 1. The Morgan fingerprint density at radius 3 is 2.27 bits per heavy atom. The highest BCUT2D eigenvalue weighted by atomic mass is 16.5. The molecule has 0 unspecified atom stereocenters. The van der Waals surface area contributed by atoms with Gasteiger partial charge in [-0.3, -0.25) is 0 Å². The SMILES string of the molecule is CC1=C(C(=O)OCc2ccc(C)cc2)[C@H](c2ccccc2OCc2ccccc2)NC(=O)N1. The molecule has 33 heavy (non-hydrogen) atoms. The molecular weight excluding hydrogens is 416 g/mol. The average molecular weight is 443 g/mol. The van der Waals surface area contributed by atoms with E-state index in [-0.39, 0.29) is 12.6 Å². The maximum absolute atomic E-state index is 13.1. The van der Waals surface area contributed by atoms with Crippen LogP contribution in [-0.2, 0) is 22.7 Å². The van der Waals surface area contributed by atoms with Crippen LogP contribution in [0, 0.1) is 6.92 Å². The molecule has 2 N–H and O–H groups in total. The second-order valence-electron chi connectivity index (χ2n) is 7.94. The van der Waals surface area contributed by atoms with Gasteiger partial charge in [0.1, 0.15) is 19.0 Å². The number of rotatable bonds is 7. The van der Waals surface area contributed by atoms with E-state index >= 15 is 0 Å². The van der Waals surface area contributed by atoms with Crippen molar-refractivity contribution in [2.24, 2.45) is 0 Å². The molecule has 1 aliphatic rings. The lowest BCUT2D eigenvalue weighted by Gasteiger charge is -2.29. The quantitative estimate of drug-likeness (QED) is 0.508. The fourth-order valence-electron chi connectivity index (χ4n) is 3.69. The number of amides is 2. The van der Waals surface area contributed by atoms with Crippen LogP contribution in [0.25, 0.3) is 0 Å². The lowest BCUT2D eigenvalue weighted by atomic mass is 9.95. The highest BCUT2D eigenvalue weighted by molar-refractivity contribution is 5.95. The Bertz CT molecular complexity index is 1170. The van der Waals surface area contributed by atoms with E-state index in [1.165, 1.54) is 0 Å². The van der Waals surface area contributed by atoms with Gasteiger partial charge in [-0.2, -0.15) is 0 Å². The zero-order chi connectivity index (χ0) is 23.2. The van der Waals surface area contributed by atoms with Crippen molar-refractivity contribution in [3.63, 3.8) is 0 Å². The number of benzene rings is 3. The van der Waals surface area contributed by atoms with E-state index in [1.54, 1.807) is 6.92 Å². The summed E-state index contributed by atoms with van der Waals surface area (Å²) in [6.07, 6.45) is 0. The summed E-state index contributed by atoms with van der Waals surface area (Å²) in [5.74, 6) is 0.0913. The predicted octanol–water partition coefficient (Wildman–Crippen LogP) is 4.95. The van der Waals surface area contributed by atoms with Crippen LogP contribution in [0.3, 0.4) is 0 Å². The van der Waals surface area contributed by atoms with Gasteiger partial charge in [-0.1, -0.05) is 78.4 Å². The Morgan fingerprint density at radius 1 is 0.848 bits per heavy atom. The molecule has 1 atom stereocenters. The van der Waals surface area contributed by atoms with Crippen LogP contribution in [0.4, 0.5) is 4.79 Å². The van der Waals surface area contributed by atoms with Crippen LogP contribution in [-0.4, -0.2) is 12.0 Å². The van der Waals surface area contributed by atoms with E-state index in [1.807, 2.05) is 85.8 Å². The van der Waals surface area contributed by atoms with Gasteiger partial charge in [0.2, 0.25) is 0 Å². The summed E-state index contributed by atoms with van der Waals surface area (Å²) in [7, 11) is 0. The second kappa shape index (κ2) is 10.0. The molecule has 6 heteroatoms. The summed E-state index contributed by atoms with van der Waals surface area (Å²) in [6, 6.07) is 23.9. The number of nitrogens with one attached hydrogen (secondary N) is 2. The summed E-state index contributed by atoms with van der Waals surface area (Å²) in [5.41, 5.74) is 4.53. The number of carbonyl (C=O) groups is 2. The minimum absolute atomic E-state index is 0.142. The van der Waals surface area contributed by atoms with Crippen LogP contribution >= 0.6 is 0 Å². The lowest BCUT2D eigenvalue weighted by Crippen LogP contribution is -2.45. The maximum atomic E-state index is 13.1. The van der Waals surface area contributed by atoms with Crippen LogP contribution in [0.5, 0.6) is 5.75 Å². The molecule has 0 bridgehead atoms. The molecule has 0 aliphatic carbocycles. The van der Waals surface area contributed by atoms with E-state index in [0.717, 1.165) is 16.7 Å². The molecule has 4 rings (SSSR count). The van der Waals surface area contributed by atoms with E-state index in [4.69, 9.17) is 9.47 Å². The molecule has 0 radical (unpaired) electrons. The number of hydrogen-bond acceptors (Lipinski definition) is 4. The smallest absolute Gasteiger partial charge is 0.338 e. The van der Waals surface area contributed by atoms with Crippen molar-refractivity contribution in [2.75, 3.05) is 0 Å². The van der Waals surface area contributed by atoms with Gasteiger partial charge >= 0.3 is 12.0 Å². The first-order valence-electron chi connectivity index (χ1n) is 10.8. The molecule has 1 heterocycles. The number of para-hydroxylation sites is 1. The summed E-state index contributed by atoms with van der Waals surface area (Å²) >= 11 is 0. The number of hydrogen-bond donors (Lipinski definition) is 2. The van der Waals surface area contributed by atoms with Crippen LogP contribution in [0.15, 0.2) is 90.1 Å². The highest BCUT2D eigenvalue weighted by Gasteiger charge is 2.34. The van der Waals surface area contributed by atoms with Gasteiger partial charge < -0.3 is 20.1 Å². The van der Waals surface area contributed by atoms with Gasteiger partial charge in [0.15, 0.2) is 0 Å². The Hall–Kier alpha value is -4.06. The van der Waals surface area contributed by atoms with Crippen molar-refractivity contribution in [1.82, 2.24) is 10.6 Å². The Labute approximate surface area is 193 Å². The standard InChI is InChI=1S/C27H26N2O4/c1-18-12-14-21(15-13-18)17-33-26(30)24-19(2)28-27(31)29-25(24)22-10-6-7-11-23(22)32-16-20-8-4-3-5-9-20/h3-15,25H,16-17H2,1-2H3,(H2,28,29,31)/t25-/m0/s1. The summed E-state index contributed by atoms with van der Waals surface area (Å²) in [5, 5.41) is 5.53. The third-order valence-corrected chi connectivity index (χ3v) is 5.45. The first-order valence-corrected chi connectivity index (χ1v) is 10.8. The number of esters is 1. The van der Waals surface area contributed by atoms with E-state index in [2.05, 4.69) is 10.6 Å². The van der Waals surface area contributed by atoms with Crippen molar-refractivity contribution >= 4 is 12.0 Å².